The molecule has 0 unspecified atom stereocenters. The van der Waals surface area contributed by atoms with Crippen LogP contribution in [0.15, 0.2) is 54.9 Å². The Bertz CT molecular complexity index is 938. The fourth-order valence-corrected chi connectivity index (χ4v) is 2.75. The molecule has 0 radical (unpaired) electrons. The first-order valence-electron chi connectivity index (χ1n) is 8.89. The summed E-state index contributed by atoms with van der Waals surface area (Å²) in [6.45, 7) is 2.66. The summed E-state index contributed by atoms with van der Waals surface area (Å²) in [5, 5.41) is 7.85. The lowest BCUT2D eigenvalue weighted by Gasteiger charge is -2.11. The largest absolute Gasteiger partial charge is 0.493 e. The van der Waals surface area contributed by atoms with Gasteiger partial charge in [0.1, 0.15) is 0 Å². The van der Waals surface area contributed by atoms with Gasteiger partial charge in [0.15, 0.2) is 11.5 Å². The average Bonchev–Trinajstić information content (AvgIpc) is 3.17. The molecule has 146 valence electrons. The van der Waals surface area contributed by atoms with Crippen LogP contribution in [0.5, 0.6) is 11.5 Å². The zero-order chi connectivity index (χ0) is 19.9. The summed E-state index contributed by atoms with van der Waals surface area (Å²) in [5.41, 5.74) is 2.90. The number of carbonyl (C=O) groups excluding carboxylic acids is 1. The minimum Gasteiger partial charge on any atom is -0.493 e. The van der Waals surface area contributed by atoms with Gasteiger partial charge in [-0.1, -0.05) is 17.7 Å². The molecule has 1 N–H and O–H groups in total. The number of rotatable bonds is 8. The van der Waals surface area contributed by atoms with Gasteiger partial charge in [-0.2, -0.15) is 5.10 Å². The van der Waals surface area contributed by atoms with Crippen LogP contribution in [0.4, 0.5) is 0 Å². The molecule has 1 heterocycles. The van der Waals surface area contributed by atoms with E-state index >= 15 is 0 Å². The topological polar surface area (TPSA) is 65.4 Å². The number of ether oxygens (including phenoxy) is 2. The Morgan fingerprint density at radius 1 is 1.18 bits per heavy atom. The van der Waals surface area contributed by atoms with Gasteiger partial charge in [0.25, 0.3) is 0 Å². The first-order chi connectivity index (χ1) is 13.5. The van der Waals surface area contributed by atoms with E-state index in [-0.39, 0.29) is 18.9 Å². The highest BCUT2D eigenvalue weighted by Gasteiger charge is 2.07. The molecule has 0 aliphatic heterocycles. The molecule has 0 atom stereocenters. The maximum absolute atomic E-state index is 12.1. The van der Waals surface area contributed by atoms with E-state index in [1.54, 1.807) is 18.0 Å². The van der Waals surface area contributed by atoms with Gasteiger partial charge in [-0.3, -0.25) is 4.79 Å². The van der Waals surface area contributed by atoms with Crippen molar-refractivity contribution >= 4 is 17.5 Å². The number of hydrogen-bond acceptors (Lipinski definition) is 4. The number of aryl methyl sites for hydroxylation is 1. The molecule has 0 saturated carbocycles. The van der Waals surface area contributed by atoms with Gasteiger partial charge in [-0.25, -0.2) is 4.68 Å². The first kappa shape index (κ1) is 19.8. The first-order valence-corrected chi connectivity index (χ1v) is 9.26. The minimum absolute atomic E-state index is 0.0923. The van der Waals surface area contributed by atoms with E-state index < -0.39 is 0 Å². The zero-order valence-corrected chi connectivity index (χ0v) is 16.6. The van der Waals surface area contributed by atoms with Crippen molar-refractivity contribution in [3.05, 3.63) is 71.0 Å². The lowest BCUT2D eigenvalue weighted by Crippen LogP contribution is -2.24. The molecule has 3 aromatic rings. The fourth-order valence-electron chi connectivity index (χ4n) is 2.62. The number of carbonyl (C=O) groups is 1. The summed E-state index contributed by atoms with van der Waals surface area (Å²) in [4.78, 5) is 12.1. The van der Waals surface area contributed by atoms with E-state index in [2.05, 4.69) is 10.4 Å². The third kappa shape index (κ3) is 5.27. The Balaban J connectivity index is 1.45. The molecule has 0 spiro atoms. The van der Waals surface area contributed by atoms with Crippen LogP contribution < -0.4 is 14.8 Å². The van der Waals surface area contributed by atoms with E-state index in [9.17, 15) is 4.79 Å². The number of methoxy groups -OCH3 is 1. The summed E-state index contributed by atoms with van der Waals surface area (Å²) < 4.78 is 12.7. The Kier molecular flexibility index (Phi) is 6.55. The van der Waals surface area contributed by atoms with Gasteiger partial charge < -0.3 is 14.8 Å². The predicted molar refractivity (Wildman–Crippen MR) is 108 cm³/mol. The molecule has 0 aliphatic carbocycles. The molecule has 2 aromatic carbocycles. The number of amides is 1. The molecule has 7 heteroatoms. The zero-order valence-electron chi connectivity index (χ0n) is 15.8. The summed E-state index contributed by atoms with van der Waals surface area (Å²) >= 11 is 5.90. The van der Waals surface area contributed by atoms with Crippen molar-refractivity contribution in [2.75, 3.05) is 13.7 Å². The molecule has 0 saturated heterocycles. The van der Waals surface area contributed by atoms with Crippen molar-refractivity contribution in [3.63, 3.8) is 0 Å². The van der Waals surface area contributed by atoms with E-state index in [1.165, 1.54) is 0 Å². The summed E-state index contributed by atoms with van der Waals surface area (Å²) in [5.74, 6) is 1.20. The standard InChI is InChI=1S/C21H22ClN3O3/c1-15-3-8-19(20(11-15)27-2)28-10-9-21(26)23-12-16-13-24-25(14-16)18-6-4-17(22)5-7-18/h3-8,11,13-14H,9-10,12H2,1-2H3,(H,23,26). The molecule has 1 amide bonds. The van der Waals surface area contributed by atoms with Crippen molar-refractivity contribution < 1.29 is 14.3 Å². The Labute approximate surface area is 169 Å². The van der Waals surface area contributed by atoms with Crippen LogP contribution in [0.3, 0.4) is 0 Å². The highest BCUT2D eigenvalue weighted by atomic mass is 35.5. The second-order valence-electron chi connectivity index (χ2n) is 6.30. The maximum Gasteiger partial charge on any atom is 0.223 e. The van der Waals surface area contributed by atoms with Gasteiger partial charge >= 0.3 is 0 Å². The van der Waals surface area contributed by atoms with Crippen LogP contribution in [0.1, 0.15) is 17.5 Å². The lowest BCUT2D eigenvalue weighted by molar-refractivity contribution is -0.121. The Morgan fingerprint density at radius 2 is 1.96 bits per heavy atom. The second kappa shape index (κ2) is 9.28. The van der Waals surface area contributed by atoms with E-state index in [4.69, 9.17) is 21.1 Å². The van der Waals surface area contributed by atoms with Crippen LogP contribution in [-0.2, 0) is 11.3 Å². The number of halogens is 1. The predicted octanol–water partition coefficient (Wildman–Crippen LogP) is 3.93. The van der Waals surface area contributed by atoms with E-state index in [1.807, 2.05) is 55.6 Å². The van der Waals surface area contributed by atoms with E-state index in [0.29, 0.717) is 23.1 Å². The molecule has 0 bridgehead atoms. The highest BCUT2D eigenvalue weighted by Crippen LogP contribution is 2.27. The number of hydrogen-bond donors (Lipinski definition) is 1. The quantitative estimate of drug-likeness (QED) is 0.623. The molecule has 1 aromatic heterocycles. The minimum atomic E-state index is -0.0923. The van der Waals surface area contributed by atoms with Crippen LogP contribution in [0, 0.1) is 6.92 Å². The van der Waals surface area contributed by atoms with Crippen molar-refractivity contribution in [1.29, 1.82) is 0 Å². The average molecular weight is 400 g/mol. The normalized spacial score (nSPS) is 10.5. The molecule has 6 nitrogen and oxygen atoms in total. The van der Waals surface area contributed by atoms with Crippen molar-refractivity contribution in [2.45, 2.75) is 19.9 Å². The third-order valence-corrected chi connectivity index (χ3v) is 4.37. The number of nitrogens with one attached hydrogen (secondary N) is 1. The third-order valence-electron chi connectivity index (χ3n) is 4.12. The molecule has 28 heavy (non-hydrogen) atoms. The van der Waals surface area contributed by atoms with Crippen LogP contribution in [-0.4, -0.2) is 29.4 Å². The van der Waals surface area contributed by atoms with Crippen molar-refractivity contribution in [3.8, 4) is 17.2 Å². The smallest absolute Gasteiger partial charge is 0.223 e. The second-order valence-corrected chi connectivity index (χ2v) is 6.74. The van der Waals surface area contributed by atoms with Crippen molar-refractivity contribution in [1.82, 2.24) is 15.1 Å². The number of nitrogens with zero attached hydrogens (tertiary/aromatic N) is 2. The summed E-state index contributed by atoms with van der Waals surface area (Å²) in [7, 11) is 1.60. The maximum atomic E-state index is 12.1. The summed E-state index contributed by atoms with van der Waals surface area (Å²) in [6.07, 6.45) is 3.85. The molecule has 0 aliphatic rings. The molecular formula is C21H22ClN3O3. The SMILES string of the molecule is COc1cc(C)ccc1OCCC(=O)NCc1cnn(-c2ccc(Cl)cc2)c1. The molecular weight excluding hydrogens is 378 g/mol. The van der Waals surface area contributed by atoms with E-state index in [0.717, 1.165) is 16.8 Å². The summed E-state index contributed by atoms with van der Waals surface area (Å²) in [6, 6.07) is 13.1. The van der Waals surface area contributed by atoms with Crippen LogP contribution in [0.25, 0.3) is 5.69 Å². The highest BCUT2D eigenvalue weighted by molar-refractivity contribution is 6.30. The Morgan fingerprint density at radius 3 is 2.71 bits per heavy atom. The van der Waals surface area contributed by atoms with Crippen molar-refractivity contribution in [2.24, 2.45) is 0 Å². The molecule has 0 fully saturated rings. The van der Waals surface area contributed by atoms with Crippen LogP contribution in [0.2, 0.25) is 5.02 Å². The van der Waals surface area contributed by atoms with Gasteiger partial charge in [0.2, 0.25) is 5.91 Å². The van der Waals surface area contributed by atoms with Gasteiger partial charge in [0.05, 0.1) is 32.0 Å². The van der Waals surface area contributed by atoms with Gasteiger partial charge in [-0.15, -0.1) is 0 Å². The van der Waals surface area contributed by atoms with Gasteiger partial charge in [0, 0.05) is 23.3 Å². The molecule has 3 rings (SSSR count). The van der Waals surface area contributed by atoms with Gasteiger partial charge in [-0.05, 0) is 48.9 Å². The number of benzene rings is 2. The van der Waals surface area contributed by atoms with Crippen LogP contribution >= 0.6 is 11.6 Å². The number of aromatic nitrogens is 2. The Hall–Kier alpha value is -2.99. The fraction of sp³-hybridized carbons (Fsp3) is 0.238. The lowest BCUT2D eigenvalue weighted by atomic mass is 10.2. The monoisotopic (exact) mass is 399 g/mol.